The van der Waals surface area contributed by atoms with E-state index in [2.05, 4.69) is 16.1 Å². The molecule has 1 saturated heterocycles. The van der Waals surface area contributed by atoms with Crippen molar-refractivity contribution in [1.82, 2.24) is 10.0 Å². The van der Waals surface area contributed by atoms with Gasteiger partial charge in [-0.2, -0.15) is 0 Å². The Hall–Kier alpha value is -2.42. The summed E-state index contributed by atoms with van der Waals surface area (Å²) in [6.07, 6.45) is 1.73. The first-order chi connectivity index (χ1) is 14.3. The Kier molecular flexibility index (Phi) is 7.47. The molecule has 2 aromatic carbocycles. The van der Waals surface area contributed by atoms with Crippen LogP contribution >= 0.6 is 0 Å². The summed E-state index contributed by atoms with van der Waals surface area (Å²) in [5.74, 6) is 0.488. The van der Waals surface area contributed by atoms with E-state index >= 15 is 0 Å². The fraction of sp³-hybridized carbons (Fsp3) is 0.409. The molecule has 1 aliphatic heterocycles. The molecule has 0 radical (unpaired) electrons. The lowest BCUT2D eigenvalue weighted by atomic mass is 10.1. The molecule has 3 rings (SSSR count). The van der Waals surface area contributed by atoms with E-state index in [-0.39, 0.29) is 23.5 Å². The zero-order chi connectivity index (χ0) is 21.6. The third-order valence-electron chi connectivity index (χ3n) is 4.80. The van der Waals surface area contributed by atoms with Gasteiger partial charge in [-0.05, 0) is 74.2 Å². The molecular formula is C22H28N2O5S. The lowest BCUT2D eigenvalue weighted by Gasteiger charge is -2.12. The third-order valence-corrected chi connectivity index (χ3v) is 6.24. The lowest BCUT2D eigenvalue weighted by molar-refractivity contribution is 0.0947. The van der Waals surface area contributed by atoms with E-state index in [4.69, 9.17) is 9.47 Å². The van der Waals surface area contributed by atoms with E-state index in [1.54, 1.807) is 0 Å². The van der Waals surface area contributed by atoms with Crippen LogP contribution in [0.15, 0.2) is 47.4 Å². The van der Waals surface area contributed by atoms with E-state index in [0.717, 1.165) is 29.7 Å². The fourth-order valence-electron chi connectivity index (χ4n) is 3.33. The number of carbonyl (C=O) groups excluding carboxylic acids is 1. The molecule has 7 nitrogen and oxygen atoms in total. The van der Waals surface area contributed by atoms with Gasteiger partial charge in [0.2, 0.25) is 10.0 Å². The Labute approximate surface area is 177 Å². The van der Waals surface area contributed by atoms with Crippen molar-refractivity contribution in [1.29, 1.82) is 0 Å². The standard InChI is InChI=1S/C22H28N2O5S/c1-16-12-17(2)14-20(13-16)29-11-9-23-22(25)18-5-7-21(8-6-18)30(26,27)24-15-19-4-3-10-28-19/h5-8,12-14,19,24H,3-4,9-11,15H2,1-2H3,(H,23,25). The van der Waals surface area contributed by atoms with Crippen molar-refractivity contribution in [3.63, 3.8) is 0 Å². The molecule has 1 fully saturated rings. The first kappa shape index (κ1) is 22.3. The van der Waals surface area contributed by atoms with Crippen molar-refractivity contribution in [2.45, 2.75) is 37.7 Å². The van der Waals surface area contributed by atoms with Crippen LogP contribution in [0.4, 0.5) is 0 Å². The number of sulfonamides is 1. The first-order valence-corrected chi connectivity index (χ1v) is 11.5. The van der Waals surface area contributed by atoms with Crippen LogP contribution in [-0.4, -0.2) is 46.7 Å². The molecule has 0 aliphatic carbocycles. The highest BCUT2D eigenvalue weighted by atomic mass is 32.2. The fourth-order valence-corrected chi connectivity index (χ4v) is 4.39. The van der Waals surface area contributed by atoms with Crippen LogP contribution in [0, 0.1) is 13.8 Å². The number of benzene rings is 2. The number of aryl methyl sites for hydroxylation is 2. The molecule has 1 unspecified atom stereocenters. The van der Waals surface area contributed by atoms with Gasteiger partial charge in [0, 0.05) is 18.7 Å². The number of carbonyl (C=O) groups is 1. The van der Waals surface area contributed by atoms with Gasteiger partial charge in [-0.15, -0.1) is 0 Å². The third kappa shape index (κ3) is 6.29. The van der Waals surface area contributed by atoms with Gasteiger partial charge in [0.05, 0.1) is 17.5 Å². The highest BCUT2D eigenvalue weighted by molar-refractivity contribution is 7.89. The maximum absolute atomic E-state index is 12.4. The maximum Gasteiger partial charge on any atom is 0.251 e. The first-order valence-electron chi connectivity index (χ1n) is 10.0. The largest absolute Gasteiger partial charge is 0.492 e. The second-order valence-corrected chi connectivity index (χ2v) is 9.21. The van der Waals surface area contributed by atoms with E-state index in [1.165, 1.54) is 24.3 Å². The predicted molar refractivity (Wildman–Crippen MR) is 114 cm³/mol. The number of nitrogens with one attached hydrogen (secondary N) is 2. The molecule has 8 heteroatoms. The van der Waals surface area contributed by atoms with Crippen molar-refractivity contribution in [3.05, 3.63) is 59.2 Å². The van der Waals surface area contributed by atoms with E-state index in [1.807, 2.05) is 26.0 Å². The van der Waals surface area contributed by atoms with Gasteiger partial charge >= 0.3 is 0 Å². The summed E-state index contributed by atoms with van der Waals surface area (Å²) in [5.41, 5.74) is 2.63. The Morgan fingerprint density at radius 1 is 1.13 bits per heavy atom. The molecule has 0 bridgehead atoms. The highest BCUT2D eigenvalue weighted by Gasteiger charge is 2.20. The van der Waals surface area contributed by atoms with Crippen LogP contribution in [0.3, 0.4) is 0 Å². The van der Waals surface area contributed by atoms with Crippen LogP contribution in [0.2, 0.25) is 0 Å². The molecule has 30 heavy (non-hydrogen) atoms. The number of ether oxygens (including phenoxy) is 2. The van der Waals surface area contributed by atoms with Crippen molar-refractivity contribution in [2.75, 3.05) is 26.3 Å². The Morgan fingerprint density at radius 2 is 1.83 bits per heavy atom. The molecule has 1 atom stereocenters. The smallest absolute Gasteiger partial charge is 0.251 e. The van der Waals surface area contributed by atoms with Crippen molar-refractivity contribution >= 4 is 15.9 Å². The molecule has 2 N–H and O–H groups in total. The van der Waals surface area contributed by atoms with Crippen LogP contribution in [-0.2, 0) is 14.8 Å². The summed E-state index contributed by atoms with van der Waals surface area (Å²) >= 11 is 0. The molecule has 1 amide bonds. The van der Waals surface area contributed by atoms with Gasteiger partial charge in [-0.1, -0.05) is 6.07 Å². The van der Waals surface area contributed by atoms with Gasteiger partial charge in [-0.25, -0.2) is 13.1 Å². The van der Waals surface area contributed by atoms with E-state index < -0.39 is 10.0 Å². The van der Waals surface area contributed by atoms with Crippen molar-refractivity contribution in [2.24, 2.45) is 0 Å². The minimum Gasteiger partial charge on any atom is -0.492 e. The number of rotatable bonds is 9. The molecule has 0 spiro atoms. The summed E-state index contributed by atoms with van der Waals surface area (Å²) in [5, 5.41) is 2.77. The average Bonchev–Trinajstić information content (AvgIpc) is 3.23. The van der Waals surface area contributed by atoms with Gasteiger partial charge in [0.25, 0.3) is 5.91 Å². The maximum atomic E-state index is 12.4. The Morgan fingerprint density at radius 3 is 2.47 bits per heavy atom. The van der Waals surface area contributed by atoms with Gasteiger partial charge in [0.1, 0.15) is 12.4 Å². The van der Waals surface area contributed by atoms with Crippen LogP contribution in [0.25, 0.3) is 0 Å². The molecule has 162 valence electrons. The monoisotopic (exact) mass is 432 g/mol. The molecular weight excluding hydrogens is 404 g/mol. The normalized spacial score (nSPS) is 16.4. The van der Waals surface area contributed by atoms with Crippen LogP contribution < -0.4 is 14.8 Å². The summed E-state index contributed by atoms with van der Waals surface area (Å²) in [6.45, 7) is 5.62. The Bertz CT molecular complexity index is 947. The van der Waals surface area contributed by atoms with Crippen molar-refractivity contribution in [3.8, 4) is 5.75 Å². The molecule has 1 aliphatic rings. The summed E-state index contributed by atoms with van der Waals surface area (Å²) < 4.78 is 38.4. The van der Waals surface area contributed by atoms with E-state index in [9.17, 15) is 13.2 Å². The molecule has 1 heterocycles. The lowest BCUT2D eigenvalue weighted by Crippen LogP contribution is -2.32. The van der Waals surface area contributed by atoms with Crippen molar-refractivity contribution < 1.29 is 22.7 Å². The highest BCUT2D eigenvalue weighted by Crippen LogP contribution is 2.16. The minimum absolute atomic E-state index is 0.0734. The predicted octanol–water partition coefficient (Wildman–Crippen LogP) is 2.57. The SMILES string of the molecule is Cc1cc(C)cc(OCCNC(=O)c2ccc(S(=O)(=O)NCC3CCCO3)cc2)c1. The Balaban J connectivity index is 1.47. The summed E-state index contributed by atoms with van der Waals surface area (Å²) in [6, 6.07) is 11.8. The quantitative estimate of drug-likeness (QED) is 0.594. The molecule has 2 aromatic rings. The topological polar surface area (TPSA) is 93.7 Å². The van der Waals surface area contributed by atoms with E-state index in [0.29, 0.717) is 25.3 Å². The zero-order valence-electron chi connectivity index (χ0n) is 17.3. The second-order valence-electron chi connectivity index (χ2n) is 7.44. The van der Waals surface area contributed by atoms with Gasteiger partial charge < -0.3 is 14.8 Å². The number of amides is 1. The molecule has 0 saturated carbocycles. The number of hydrogen-bond acceptors (Lipinski definition) is 5. The van der Waals surface area contributed by atoms with Gasteiger partial charge in [0.15, 0.2) is 0 Å². The van der Waals surface area contributed by atoms with Crippen LogP contribution in [0.5, 0.6) is 5.75 Å². The zero-order valence-corrected chi connectivity index (χ0v) is 18.1. The number of hydrogen-bond donors (Lipinski definition) is 2. The summed E-state index contributed by atoms with van der Waals surface area (Å²) in [7, 11) is -3.63. The molecule has 0 aromatic heterocycles. The summed E-state index contributed by atoms with van der Waals surface area (Å²) in [4.78, 5) is 12.4. The second kappa shape index (κ2) is 10.1. The van der Waals surface area contributed by atoms with Gasteiger partial charge in [-0.3, -0.25) is 4.79 Å². The van der Waals surface area contributed by atoms with Crippen LogP contribution in [0.1, 0.15) is 34.3 Å². The average molecular weight is 433 g/mol. The minimum atomic E-state index is -3.63.